The molecule has 17 heavy (non-hydrogen) atoms. The first-order chi connectivity index (χ1) is 8.17. The molecule has 3 atom stereocenters. The zero-order chi connectivity index (χ0) is 12.4. The van der Waals surface area contributed by atoms with Crippen molar-refractivity contribution in [3.63, 3.8) is 0 Å². The standard InChI is InChI=1S/C15H22FN/c1-4-12-13(9-15(12)17-5-2)11-7-6-10(3)14(16)8-11/h6-8,12-13,15,17H,4-5,9H2,1-3H3. The first kappa shape index (κ1) is 12.6. The van der Waals surface area contributed by atoms with Gasteiger partial charge in [0.15, 0.2) is 0 Å². The van der Waals surface area contributed by atoms with Crippen LogP contribution in [-0.4, -0.2) is 12.6 Å². The second-order valence-corrected chi connectivity index (χ2v) is 5.09. The summed E-state index contributed by atoms with van der Waals surface area (Å²) in [7, 11) is 0. The van der Waals surface area contributed by atoms with Gasteiger partial charge in [-0.15, -0.1) is 0 Å². The number of halogens is 1. The van der Waals surface area contributed by atoms with Crippen molar-refractivity contribution in [2.24, 2.45) is 5.92 Å². The van der Waals surface area contributed by atoms with E-state index >= 15 is 0 Å². The van der Waals surface area contributed by atoms with E-state index in [-0.39, 0.29) is 5.82 Å². The molecule has 1 aromatic carbocycles. The summed E-state index contributed by atoms with van der Waals surface area (Å²) in [6.07, 6.45) is 2.31. The molecule has 0 bridgehead atoms. The number of nitrogens with one attached hydrogen (secondary N) is 1. The fraction of sp³-hybridized carbons (Fsp3) is 0.600. The molecule has 1 N–H and O–H groups in total. The third kappa shape index (κ3) is 2.37. The highest BCUT2D eigenvalue weighted by atomic mass is 19.1. The monoisotopic (exact) mass is 235 g/mol. The molecule has 1 aromatic rings. The van der Waals surface area contributed by atoms with Gasteiger partial charge in [0.05, 0.1) is 0 Å². The molecule has 0 radical (unpaired) electrons. The van der Waals surface area contributed by atoms with E-state index in [1.807, 2.05) is 13.0 Å². The summed E-state index contributed by atoms with van der Waals surface area (Å²) in [6, 6.07) is 6.34. The maximum atomic E-state index is 13.6. The Balaban J connectivity index is 2.10. The van der Waals surface area contributed by atoms with Crippen LogP contribution in [0.3, 0.4) is 0 Å². The molecule has 94 valence electrons. The van der Waals surface area contributed by atoms with Gasteiger partial charge in [-0.05, 0) is 48.9 Å². The maximum Gasteiger partial charge on any atom is 0.126 e. The molecule has 2 heteroatoms. The Morgan fingerprint density at radius 2 is 2.12 bits per heavy atom. The second-order valence-electron chi connectivity index (χ2n) is 5.09. The van der Waals surface area contributed by atoms with Gasteiger partial charge in [0.1, 0.15) is 5.82 Å². The molecule has 2 rings (SSSR count). The van der Waals surface area contributed by atoms with Crippen LogP contribution >= 0.6 is 0 Å². The highest BCUT2D eigenvalue weighted by Gasteiger charge is 2.39. The Bertz CT molecular complexity index is 389. The largest absolute Gasteiger partial charge is 0.314 e. The van der Waals surface area contributed by atoms with Crippen molar-refractivity contribution >= 4 is 0 Å². The zero-order valence-electron chi connectivity index (χ0n) is 11.0. The first-order valence-corrected chi connectivity index (χ1v) is 6.66. The summed E-state index contributed by atoms with van der Waals surface area (Å²) in [4.78, 5) is 0. The van der Waals surface area contributed by atoms with Crippen LogP contribution in [0, 0.1) is 18.7 Å². The normalized spacial score (nSPS) is 27.9. The molecule has 1 nitrogen and oxygen atoms in total. The van der Waals surface area contributed by atoms with Crippen LogP contribution in [0.4, 0.5) is 4.39 Å². The number of hydrogen-bond donors (Lipinski definition) is 1. The van der Waals surface area contributed by atoms with Crippen molar-refractivity contribution in [1.82, 2.24) is 5.32 Å². The molecular formula is C15H22FN. The lowest BCUT2D eigenvalue weighted by Gasteiger charge is -2.45. The minimum Gasteiger partial charge on any atom is -0.314 e. The number of hydrogen-bond acceptors (Lipinski definition) is 1. The van der Waals surface area contributed by atoms with Crippen molar-refractivity contribution in [3.05, 3.63) is 35.1 Å². The Kier molecular flexibility index (Phi) is 3.82. The molecule has 1 aliphatic rings. The molecule has 3 unspecified atom stereocenters. The summed E-state index contributed by atoms with van der Waals surface area (Å²) >= 11 is 0. The van der Waals surface area contributed by atoms with Crippen LogP contribution in [0.15, 0.2) is 18.2 Å². The Labute approximate surface area is 103 Å². The van der Waals surface area contributed by atoms with E-state index in [1.165, 1.54) is 5.56 Å². The van der Waals surface area contributed by atoms with Crippen LogP contribution in [0.1, 0.15) is 43.7 Å². The fourth-order valence-corrected chi connectivity index (χ4v) is 3.00. The van der Waals surface area contributed by atoms with Gasteiger partial charge < -0.3 is 5.32 Å². The zero-order valence-corrected chi connectivity index (χ0v) is 11.0. The van der Waals surface area contributed by atoms with Crippen LogP contribution in [0.5, 0.6) is 0 Å². The Morgan fingerprint density at radius 1 is 1.35 bits per heavy atom. The van der Waals surface area contributed by atoms with E-state index < -0.39 is 0 Å². The van der Waals surface area contributed by atoms with Gasteiger partial charge in [-0.2, -0.15) is 0 Å². The van der Waals surface area contributed by atoms with Gasteiger partial charge >= 0.3 is 0 Å². The van der Waals surface area contributed by atoms with Crippen molar-refractivity contribution < 1.29 is 4.39 Å². The molecule has 0 heterocycles. The van der Waals surface area contributed by atoms with Gasteiger partial charge in [0, 0.05) is 6.04 Å². The predicted molar refractivity (Wildman–Crippen MR) is 69.7 cm³/mol. The van der Waals surface area contributed by atoms with Crippen molar-refractivity contribution in [1.29, 1.82) is 0 Å². The van der Waals surface area contributed by atoms with Crippen LogP contribution < -0.4 is 5.32 Å². The third-order valence-corrected chi connectivity index (χ3v) is 4.10. The molecule has 0 spiro atoms. The molecule has 1 aliphatic carbocycles. The lowest BCUT2D eigenvalue weighted by molar-refractivity contribution is 0.162. The Morgan fingerprint density at radius 3 is 2.71 bits per heavy atom. The molecule has 0 amide bonds. The molecular weight excluding hydrogens is 213 g/mol. The topological polar surface area (TPSA) is 12.0 Å². The fourth-order valence-electron chi connectivity index (χ4n) is 3.00. The minimum absolute atomic E-state index is 0.0655. The van der Waals surface area contributed by atoms with E-state index in [0.29, 0.717) is 17.9 Å². The van der Waals surface area contributed by atoms with Gasteiger partial charge in [-0.3, -0.25) is 0 Å². The van der Waals surface area contributed by atoms with E-state index in [4.69, 9.17) is 0 Å². The molecule has 1 fully saturated rings. The first-order valence-electron chi connectivity index (χ1n) is 6.66. The smallest absolute Gasteiger partial charge is 0.126 e. The molecule has 0 aromatic heterocycles. The van der Waals surface area contributed by atoms with Crippen LogP contribution in [0.25, 0.3) is 0 Å². The lowest BCUT2D eigenvalue weighted by atomic mass is 9.65. The highest BCUT2D eigenvalue weighted by molar-refractivity contribution is 5.29. The van der Waals surface area contributed by atoms with E-state index in [9.17, 15) is 4.39 Å². The summed E-state index contributed by atoms with van der Waals surface area (Å²) in [6.45, 7) is 7.21. The summed E-state index contributed by atoms with van der Waals surface area (Å²) < 4.78 is 13.6. The second kappa shape index (κ2) is 5.18. The molecule has 0 aliphatic heterocycles. The van der Waals surface area contributed by atoms with Gasteiger partial charge in [-0.25, -0.2) is 4.39 Å². The summed E-state index contributed by atoms with van der Waals surface area (Å²) in [5.41, 5.74) is 1.92. The van der Waals surface area contributed by atoms with Crippen LogP contribution in [-0.2, 0) is 0 Å². The third-order valence-electron chi connectivity index (χ3n) is 4.10. The molecule has 0 saturated heterocycles. The SMILES string of the molecule is CCNC1CC(c2ccc(C)c(F)c2)C1CC. The van der Waals surface area contributed by atoms with Gasteiger partial charge in [-0.1, -0.05) is 32.4 Å². The quantitative estimate of drug-likeness (QED) is 0.840. The average Bonchev–Trinajstić information content (AvgIpc) is 2.28. The van der Waals surface area contributed by atoms with E-state index in [0.717, 1.165) is 24.9 Å². The van der Waals surface area contributed by atoms with Gasteiger partial charge in [0.2, 0.25) is 0 Å². The molecule has 1 saturated carbocycles. The number of rotatable bonds is 4. The van der Waals surface area contributed by atoms with Crippen molar-refractivity contribution in [2.75, 3.05) is 6.54 Å². The Hall–Kier alpha value is -0.890. The van der Waals surface area contributed by atoms with Crippen molar-refractivity contribution in [2.45, 2.75) is 45.6 Å². The summed E-state index contributed by atoms with van der Waals surface area (Å²) in [5, 5.41) is 3.51. The highest BCUT2D eigenvalue weighted by Crippen LogP contribution is 2.44. The average molecular weight is 235 g/mol. The predicted octanol–water partition coefficient (Wildman–Crippen LogP) is 3.63. The van der Waals surface area contributed by atoms with E-state index in [2.05, 4.69) is 25.2 Å². The van der Waals surface area contributed by atoms with E-state index in [1.54, 1.807) is 6.07 Å². The van der Waals surface area contributed by atoms with Gasteiger partial charge in [0.25, 0.3) is 0 Å². The lowest BCUT2D eigenvalue weighted by Crippen LogP contribution is -2.48. The number of aryl methyl sites for hydroxylation is 1. The summed E-state index contributed by atoms with van der Waals surface area (Å²) in [5.74, 6) is 1.14. The minimum atomic E-state index is -0.0655. The van der Waals surface area contributed by atoms with Crippen LogP contribution in [0.2, 0.25) is 0 Å². The maximum absolute atomic E-state index is 13.6. The van der Waals surface area contributed by atoms with Crippen molar-refractivity contribution in [3.8, 4) is 0 Å². The number of benzene rings is 1.